The molecule has 0 aliphatic rings. The van der Waals surface area contributed by atoms with Crippen LogP contribution in [0.2, 0.25) is 0 Å². The van der Waals surface area contributed by atoms with Crippen molar-refractivity contribution in [3.63, 3.8) is 0 Å². The van der Waals surface area contributed by atoms with Gasteiger partial charge in [-0.3, -0.25) is 14.9 Å². The molecule has 1 aromatic carbocycles. The first-order valence-corrected chi connectivity index (χ1v) is 7.32. The quantitative estimate of drug-likeness (QED) is 0.730. The van der Waals surface area contributed by atoms with Gasteiger partial charge in [0, 0.05) is 5.69 Å². The molecule has 0 radical (unpaired) electrons. The number of carbonyl (C=O) groups excluding carboxylic acids is 1. The minimum atomic E-state index is -1.08. The Morgan fingerprint density at radius 3 is 2.65 bits per heavy atom. The third-order valence-electron chi connectivity index (χ3n) is 3.67. The summed E-state index contributed by atoms with van der Waals surface area (Å²) in [6.45, 7) is 4.12. The summed E-state index contributed by atoms with van der Waals surface area (Å²) in [5.41, 5.74) is 2.73. The van der Waals surface area contributed by atoms with Gasteiger partial charge in [0.1, 0.15) is 11.8 Å². The first kappa shape index (κ1) is 16.8. The molecule has 3 N–H and O–H groups in total. The summed E-state index contributed by atoms with van der Waals surface area (Å²) < 4.78 is 5.14. The number of nitrogens with one attached hydrogen (secondary N) is 2. The van der Waals surface area contributed by atoms with Crippen LogP contribution in [-0.4, -0.2) is 23.0 Å². The molecular weight excluding hydrogens is 296 g/mol. The number of aliphatic carboxylic acids is 1. The summed E-state index contributed by atoms with van der Waals surface area (Å²) in [6.07, 6.45) is 1.35. The fraction of sp³-hybridized carbons (Fsp3) is 0.294. The number of benzene rings is 1. The lowest BCUT2D eigenvalue weighted by Gasteiger charge is -2.15. The van der Waals surface area contributed by atoms with Crippen molar-refractivity contribution in [3.8, 4) is 0 Å². The molecular formula is C17H20N2O4. The highest BCUT2D eigenvalue weighted by atomic mass is 16.4. The van der Waals surface area contributed by atoms with Crippen molar-refractivity contribution in [2.45, 2.75) is 32.9 Å². The predicted molar refractivity (Wildman–Crippen MR) is 86.1 cm³/mol. The lowest BCUT2D eigenvalue weighted by Crippen LogP contribution is -2.39. The summed E-state index contributed by atoms with van der Waals surface area (Å²) in [7, 11) is 0. The second kappa shape index (κ2) is 7.60. The van der Waals surface area contributed by atoms with E-state index >= 15 is 0 Å². The standard InChI is InChI=1S/C17H20N2O4/c1-11-5-3-7-14(12(11)2)19-16(20)9-15(17(21)22)18-10-13-6-4-8-23-13/h3-8,15,18H,9-10H2,1-2H3,(H,19,20)(H,21,22)/t15-/m1/s1. The molecule has 0 aliphatic carbocycles. The molecule has 2 aromatic rings. The topological polar surface area (TPSA) is 91.6 Å². The Morgan fingerprint density at radius 1 is 1.22 bits per heavy atom. The van der Waals surface area contributed by atoms with E-state index in [0.29, 0.717) is 11.4 Å². The van der Waals surface area contributed by atoms with Crippen molar-refractivity contribution in [3.05, 3.63) is 53.5 Å². The number of amides is 1. The number of aryl methyl sites for hydroxylation is 1. The van der Waals surface area contributed by atoms with E-state index in [9.17, 15) is 14.7 Å². The van der Waals surface area contributed by atoms with Gasteiger partial charge in [-0.2, -0.15) is 0 Å². The van der Waals surface area contributed by atoms with Crippen molar-refractivity contribution >= 4 is 17.6 Å². The fourth-order valence-electron chi connectivity index (χ4n) is 2.16. The van der Waals surface area contributed by atoms with E-state index in [1.165, 1.54) is 6.26 Å². The van der Waals surface area contributed by atoms with Crippen LogP contribution >= 0.6 is 0 Å². The summed E-state index contributed by atoms with van der Waals surface area (Å²) in [5.74, 6) is -0.808. The van der Waals surface area contributed by atoms with Crippen molar-refractivity contribution in [1.29, 1.82) is 0 Å². The highest BCUT2D eigenvalue weighted by molar-refractivity contribution is 5.94. The normalized spacial score (nSPS) is 11.9. The summed E-state index contributed by atoms with van der Waals surface area (Å²) >= 11 is 0. The van der Waals surface area contributed by atoms with Gasteiger partial charge in [0.2, 0.25) is 5.91 Å². The van der Waals surface area contributed by atoms with Crippen LogP contribution in [0.3, 0.4) is 0 Å². The number of carbonyl (C=O) groups is 2. The third kappa shape index (κ3) is 4.69. The van der Waals surface area contributed by atoms with Gasteiger partial charge in [0.15, 0.2) is 0 Å². The van der Waals surface area contributed by atoms with Crippen molar-refractivity contribution < 1.29 is 19.1 Å². The molecule has 1 heterocycles. The zero-order valence-corrected chi connectivity index (χ0v) is 13.1. The summed E-state index contributed by atoms with van der Waals surface area (Å²) in [5, 5.41) is 14.8. The van der Waals surface area contributed by atoms with Crippen LogP contribution < -0.4 is 10.6 Å². The van der Waals surface area contributed by atoms with E-state index in [2.05, 4.69) is 10.6 Å². The number of furan rings is 1. The minimum absolute atomic E-state index is 0.163. The molecule has 1 aromatic heterocycles. The van der Waals surface area contributed by atoms with Gasteiger partial charge in [0.05, 0.1) is 19.2 Å². The van der Waals surface area contributed by atoms with Gasteiger partial charge in [-0.05, 0) is 43.2 Å². The maximum Gasteiger partial charge on any atom is 0.321 e. The molecule has 0 fully saturated rings. The summed E-state index contributed by atoms with van der Waals surface area (Å²) in [6, 6.07) is 8.08. The van der Waals surface area contributed by atoms with Crippen LogP contribution in [0, 0.1) is 13.8 Å². The molecule has 0 saturated heterocycles. The lowest BCUT2D eigenvalue weighted by atomic mass is 10.1. The monoisotopic (exact) mass is 316 g/mol. The minimum Gasteiger partial charge on any atom is -0.480 e. The average molecular weight is 316 g/mol. The van der Waals surface area contributed by atoms with E-state index in [1.54, 1.807) is 18.2 Å². The molecule has 6 heteroatoms. The van der Waals surface area contributed by atoms with Crippen LogP contribution in [0.4, 0.5) is 5.69 Å². The molecule has 0 bridgehead atoms. The van der Waals surface area contributed by atoms with Gasteiger partial charge >= 0.3 is 5.97 Å². The van der Waals surface area contributed by atoms with E-state index in [0.717, 1.165) is 11.1 Å². The van der Waals surface area contributed by atoms with E-state index < -0.39 is 12.0 Å². The van der Waals surface area contributed by atoms with Crippen molar-refractivity contribution in [2.24, 2.45) is 0 Å². The number of rotatable bonds is 7. The highest BCUT2D eigenvalue weighted by Crippen LogP contribution is 2.18. The lowest BCUT2D eigenvalue weighted by molar-refractivity contribution is -0.141. The smallest absolute Gasteiger partial charge is 0.321 e. The molecule has 1 atom stereocenters. The first-order valence-electron chi connectivity index (χ1n) is 7.32. The molecule has 0 spiro atoms. The molecule has 23 heavy (non-hydrogen) atoms. The van der Waals surface area contributed by atoms with Crippen LogP contribution in [0.1, 0.15) is 23.3 Å². The van der Waals surface area contributed by atoms with Gasteiger partial charge in [-0.25, -0.2) is 0 Å². The van der Waals surface area contributed by atoms with E-state index in [4.69, 9.17) is 4.42 Å². The van der Waals surface area contributed by atoms with Gasteiger partial charge in [-0.1, -0.05) is 12.1 Å². The Bertz CT molecular complexity index is 680. The maximum atomic E-state index is 12.1. The third-order valence-corrected chi connectivity index (χ3v) is 3.67. The zero-order chi connectivity index (χ0) is 16.8. The number of hydrogen-bond acceptors (Lipinski definition) is 4. The average Bonchev–Trinajstić information content (AvgIpc) is 3.01. The van der Waals surface area contributed by atoms with Crippen molar-refractivity contribution in [1.82, 2.24) is 5.32 Å². The van der Waals surface area contributed by atoms with Gasteiger partial charge in [-0.15, -0.1) is 0 Å². The SMILES string of the molecule is Cc1cccc(NC(=O)C[C@@H](NCc2ccco2)C(=O)O)c1C. The van der Waals surface area contributed by atoms with Crippen LogP contribution in [0.15, 0.2) is 41.0 Å². The van der Waals surface area contributed by atoms with Gasteiger partial charge < -0.3 is 14.8 Å². The molecule has 0 saturated carbocycles. The predicted octanol–water partition coefficient (Wildman–Crippen LogP) is 2.47. The molecule has 122 valence electrons. The zero-order valence-electron chi connectivity index (χ0n) is 13.1. The Balaban J connectivity index is 1.95. The first-order chi connectivity index (χ1) is 11.0. The highest BCUT2D eigenvalue weighted by Gasteiger charge is 2.21. The summed E-state index contributed by atoms with van der Waals surface area (Å²) in [4.78, 5) is 23.4. The fourth-order valence-corrected chi connectivity index (χ4v) is 2.16. The second-order valence-corrected chi connectivity index (χ2v) is 5.35. The Labute approximate surface area is 134 Å². The molecule has 0 unspecified atom stereocenters. The number of hydrogen-bond donors (Lipinski definition) is 3. The molecule has 2 rings (SSSR count). The van der Waals surface area contributed by atoms with E-state index in [-0.39, 0.29) is 18.9 Å². The molecule has 1 amide bonds. The van der Waals surface area contributed by atoms with Crippen LogP contribution in [0.5, 0.6) is 0 Å². The van der Waals surface area contributed by atoms with Crippen LogP contribution in [-0.2, 0) is 16.1 Å². The Morgan fingerprint density at radius 2 is 2.00 bits per heavy atom. The largest absolute Gasteiger partial charge is 0.480 e. The number of carboxylic acid groups (broad SMARTS) is 1. The van der Waals surface area contributed by atoms with E-state index in [1.807, 2.05) is 26.0 Å². The Kier molecular flexibility index (Phi) is 5.54. The van der Waals surface area contributed by atoms with Gasteiger partial charge in [0.25, 0.3) is 0 Å². The number of anilines is 1. The van der Waals surface area contributed by atoms with Crippen LogP contribution in [0.25, 0.3) is 0 Å². The molecule has 0 aliphatic heterocycles. The Hall–Kier alpha value is -2.60. The maximum absolute atomic E-state index is 12.1. The second-order valence-electron chi connectivity index (χ2n) is 5.35. The number of carboxylic acids is 1. The van der Waals surface area contributed by atoms with Crippen molar-refractivity contribution in [2.75, 3.05) is 5.32 Å². The molecule has 6 nitrogen and oxygen atoms in total.